The Morgan fingerprint density at radius 2 is 1.96 bits per heavy atom. The molecule has 0 fully saturated rings. The molecule has 0 heterocycles. The lowest BCUT2D eigenvalue weighted by molar-refractivity contribution is -0.384. The van der Waals surface area contributed by atoms with Gasteiger partial charge in [0, 0.05) is 37.5 Å². The first-order valence-corrected chi connectivity index (χ1v) is 9.16. The van der Waals surface area contributed by atoms with E-state index >= 15 is 0 Å². The summed E-state index contributed by atoms with van der Waals surface area (Å²) in [4.78, 5) is 21.1. The van der Waals surface area contributed by atoms with Gasteiger partial charge in [-0.15, -0.1) is 0 Å². The average molecular weight is 453 g/mol. The number of rotatable bonds is 11. The number of primary amides is 1. The lowest BCUT2D eigenvalue weighted by atomic mass is 10.2. The Hall–Kier alpha value is -2.85. The first-order valence-electron chi connectivity index (χ1n) is 8.37. The zero-order valence-corrected chi connectivity index (χ0v) is 16.8. The Bertz CT molecular complexity index is 829. The third-order valence-corrected chi connectivity index (χ3v) is 4.28. The van der Waals surface area contributed by atoms with Gasteiger partial charge >= 0.3 is 0 Å². The number of halogens is 1. The molecule has 0 aliphatic heterocycles. The molecule has 28 heavy (non-hydrogen) atoms. The maximum Gasteiger partial charge on any atom is 0.269 e. The van der Waals surface area contributed by atoms with E-state index in [0.29, 0.717) is 35.6 Å². The molecular formula is C18H21BrN4O5. The number of amides is 1. The van der Waals surface area contributed by atoms with E-state index in [4.69, 9.17) is 15.2 Å². The highest BCUT2D eigenvalue weighted by Crippen LogP contribution is 2.36. The monoisotopic (exact) mass is 452 g/mol. The molecule has 0 unspecified atom stereocenters. The van der Waals surface area contributed by atoms with Crippen LogP contribution in [0.3, 0.4) is 0 Å². The van der Waals surface area contributed by atoms with Crippen LogP contribution in [0.25, 0.3) is 0 Å². The Kier molecular flexibility index (Phi) is 8.02. The Morgan fingerprint density at radius 3 is 2.57 bits per heavy atom. The summed E-state index contributed by atoms with van der Waals surface area (Å²) >= 11 is 3.41. The molecule has 0 aromatic heterocycles. The molecule has 2 rings (SSSR count). The first kappa shape index (κ1) is 21.5. The van der Waals surface area contributed by atoms with Crippen LogP contribution in [0.1, 0.15) is 5.56 Å². The van der Waals surface area contributed by atoms with Crippen LogP contribution in [0.2, 0.25) is 0 Å². The summed E-state index contributed by atoms with van der Waals surface area (Å²) in [6.07, 6.45) is 0. The predicted molar refractivity (Wildman–Crippen MR) is 109 cm³/mol. The van der Waals surface area contributed by atoms with Crippen molar-refractivity contribution in [3.63, 3.8) is 0 Å². The van der Waals surface area contributed by atoms with Gasteiger partial charge < -0.3 is 25.8 Å². The van der Waals surface area contributed by atoms with Crippen molar-refractivity contribution in [2.24, 2.45) is 5.73 Å². The molecule has 4 N–H and O–H groups in total. The normalized spacial score (nSPS) is 10.4. The van der Waals surface area contributed by atoms with Gasteiger partial charge in [0.05, 0.1) is 16.5 Å². The highest BCUT2D eigenvalue weighted by Gasteiger charge is 2.12. The van der Waals surface area contributed by atoms with Gasteiger partial charge in [-0.05, 0) is 45.8 Å². The zero-order valence-electron chi connectivity index (χ0n) is 15.2. The maximum atomic E-state index is 10.9. The minimum Gasteiger partial charge on any atom is -0.493 e. The van der Waals surface area contributed by atoms with E-state index < -0.39 is 10.8 Å². The number of benzene rings is 2. The fourth-order valence-electron chi connectivity index (χ4n) is 2.39. The molecular weight excluding hydrogens is 432 g/mol. The third kappa shape index (κ3) is 6.39. The van der Waals surface area contributed by atoms with Crippen molar-refractivity contribution in [2.75, 3.05) is 32.1 Å². The third-order valence-electron chi connectivity index (χ3n) is 3.69. The molecule has 150 valence electrons. The van der Waals surface area contributed by atoms with E-state index in [-0.39, 0.29) is 12.3 Å². The molecule has 10 heteroatoms. The molecule has 0 aliphatic carbocycles. The number of non-ortho nitro benzene ring substituents is 1. The Balaban J connectivity index is 1.83. The number of hydrogen-bond donors (Lipinski definition) is 3. The lowest BCUT2D eigenvalue weighted by Gasteiger charge is -2.14. The van der Waals surface area contributed by atoms with Gasteiger partial charge in [-0.2, -0.15) is 0 Å². The molecule has 0 bridgehead atoms. The summed E-state index contributed by atoms with van der Waals surface area (Å²) in [7, 11) is 1.52. The van der Waals surface area contributed by atoms with Crippen LogP contribution >= 0.6 is 15.9 Å². The van der Waals surface area contributed by atoms with Crippen LogP contribution in [0.15, 0.2) is 40.9 Å². The van der Waals surface area contributed by atoms with Crippen LogP contribution in [-0.2, 0) is 11.3 Å². The highest BCUT2D eigenvalue weighted by molar-refractivity contribution is 9.10. The van der Waals surface area contributed by atoms with Crippen molar-refractivity contribution in [3.05, 3.63) is 56.5 Å². The average Bonchev–Trinajstić information content (AvgIpc) is 2.66. The standard InChI is InChI=1S/C18H21BrN4O5/c1-27-16-9-12(8-15(19)18(16)28-11-17(20)24)10-21-6-7-22-13-2-4-14(5-3-13)23(25)26/h2-5,8-9,21-22H,6-7,10-11H2,1H3,(H2,20,24). The zero-order chi connectivity index (χ0) is 20.5. The van der Waals surface area contributed by atoms with Gasteiger partial charge in [0.2, 0.25) is 0 Å². The smallest absolute Gasteiger partial charge is 0.269 e. The van der Waals surface area contributed by atoms with E-state index in [1.165, 1.54) is 19.2 Å². The molecule has 0 aliphatic rings. The molecule has 0 spiro atoms. The summed E-state index contributed by atoms with van der Waals surface area (Å²) in [6, 6.07) is 9.95. The summed E-state index contributed by atoms with van der Waals surface area (Å²) in [5.41, 5.74) is 6.94. The second-order valence-electron chi connectivity index (χ2n) is 5.77. The number of methoxy groups -OCH3 is 1. The quantitative estimate of drug-likeness (QED) is 0.271. The van der Waals surface area contributed by atoms with Crippen LogP contribution < -0.4 is 25.8 Å². The van der Waals surface area contributed by atoms with Gasteiger partial charge in [0.25, 0.3) is 11.6 Å². The van der Waals surface area contributed by atoms with Crippen molar-refractivity contribution in [3.8, 4) is 11.5 Å². The highest BCUT2D eigenvalue weighted by atomic mass is 79.9. The fourth-order valence-corrected chi connectivity index (χ4v) is 2.99. The molecule has 0 atom stereocenters. The Labute approximate surface area is 170 Å². The topological polar surface area (TPSA) is 129 Å². The number of nitrogens with zero attached hydrogens (tertiary/aromatic N) is 1. The van der Waals surface area contributed by atoms with Crippen molar-refractivity contribution in [1.82, 2.24) is 5.32 Å². The second-order valence-corrected chi connectivity index (χ2v) is 6.63. The largest absolute Gasteiger partial charge is 0.493 e. The minimum atomic E-state index is -0.569. The van der Waals surface area contributed by atoms with E-state index in [0.717, 1.165) is 11.3 Å². The maximum absolute atomic E-state index is 10.9. The number of nitrogens with one attached hydrogen (secondary N) is 2. The van der Waals surface area contributed by atoms with Crippen LogP contribution in [0.5, 0.6) is 11.5 Å². The molecule has 0 saturated heterocycles. The van der Waals surface area contributed by atoms with Crippen molar-refractivity contribution >= 4 is 33.2 Å². The first-order chi connectivity index (χ1) is 13.4. The van der Waals surface area contributed by atoms with Crippen molar-refractivity contribution in [1.29, 1.82) is 0 Å². The molecule has 0 radical (unpaired) electrons. The van der Waals surface area contributed by atoms with Crippen LogP contribution in [0.4, 0.5) is 11.4 Å². The number of carbonyl (C=O) groups excluding carboxylic acids is 1. The predicted octanol–water partition coefficient (Wildman–Crippen LogP) is 2.43. The van der Waals surface area contributed by atoms with Gasteiger partial charge in [0.15, 0.2) is 18.1 Å². The second kappa shape index (κ2) is 10.5. The van der Waals surface area contributed by atoms with Gasteiger partial charge in [0.1, 0.15) is 0 Å². The number of nitro benzene ring substituents is 1. The lowest BCUT2D eigenvalue weighted by Crippen LogP contribution is -2.22. The van der Waals surface area contributed by atoms with E-state index in [1.807, 2.05) is 12.1 Å². The molecule has 2 aromatic carbocycles. The number of carbonyl (C=O) groups is 1. The number of hydrogen-bond acceptors (Lipinski definition) is 7. The number of nitrogens with two attached hydrogens (primary N) is 1. The molecule has 0 saturated carbocycles. The summed E-state index contributed by atoms with van der Waals surface area (Å²) < 4.78 is 11.3. The molecule has 1 amide bonds. The SMILES string of the molecule is COc1cc(CNCCNc2ccc([N+](=O)[O-])cc2)cc(Br)c1OCC(N)=O. The van der Waals surface area contributed by atoms with Crippen LogP contribution in [0, 0.1) is 10.1 Å². The van der Waals surface area contributed by atoms with E-state index in [2.05, 4.69) is 26.6 Å². The number of ether oxygens (including phenoxy) is 2. The van der Waals surface area contributed by atoms with E-state index in [1.54, 1.807) is 12.1 Å². The Morgan fingerprint density at radius 1 is 1.25 bits per heavy atom. The van der Waals surface area contributed by atoms with Crippen LogP contribution in [-0.4, -0.2) is 37.6 Å². The summed E-state index contributed by atoms with van der Waals surface area (Å²) in [5.74, 6) is 0.349. The van der Waals surface area contributed by atoms with Gasteiger partial charge in [-0.3, -0.25) is 14.9 Å². The van der Waals surface area contributed by atoms with Gasteiger partial charge in [-0.1, -0.05) is 0 Å². The van der Waals surface area contributed by atoms with Crippen molar-refractivity contribution < 1.29 is 19.2 Å². The molecule has 9 nitrogen and oxygen atoms in total. The fraction of sp³-hybridized carbons (Fsp3) is 0.278. The molecule has 2 aromatic rings. The summed E-state index contributed by atoms with van der Waals surface area (Å²) in [5, 5.41) is 17.1. The van der Waals surface area contributed by atoms with Gasteiger partial charge in [-0.25, -0.2) is 0 Å². The number of nitro groups is 1. The van der Waals surface area contributed by atoms with E-state index in [9.17, 15) is 14.9 Å². The summed E-state index contributed by atoms with van der Waals surface area (Å²) in [6.45, 7) is 1.68. The minimum absolute atomic E-state index is 0.0615. The number of anilines is 1. The van der Waals surface area contributed by atoms with Crippen molar-refractivity contribution in [2.45, 2.75) is 6.54 Å².